The minimum atomic E-state index is 0. The fraction of sp³-hybridized carbons (Fsp3) is 0.263. The zero-order valence-electron chi connectivity index (χ0n) is 14.6. The van der Waals surface area contributed by atoms with Gasteiger partial charge in [-0.25, -0.2) is 9.98 Å². The fourth-order valence-corrected chi connectivity index (χ4v) is 3.06. The first kappa shape index (κ1) is 20.4. The van der Waals surface area contributed by atoms with E-state index in [0.29, 0.717) is 13.1 Å². The predicted molar refractivity (Wildman–Crippen MR) is 117 cm³/mol. The molecule has 0 unspecified atom stereocenters. The number of nitrogens with zero attached hydrogens (tertiary/aromatic N) is 2. The van der Waals surface area contributed by atoms with Crippen LogP contribution in [0.15, 0.2) is 64.3 Å². The number of furan rings is 1. The quantitative estimate of drug-likeness (QED) is 0.302. The Bertz CT molecular complexity index is 787. The average molecular weight is 482 g/mol. The summed E-state index contributed by atoms with van der Waals surface area (Å²) >= 11 is 1.69. The summed E-state index contributed by atoms with van der Waals surface area (Å²) in [5.41, 5.74) is 1.18. The number of rotatable bonds is 7. The van der Waals surface area contributed by atoms with Crippen molar-refractivity contribution < 1.29 is 4.42 Å². The second kappa shape index (κ2) is 11.0. The number of nitrogens with one attached hydrogen (secondary N) is 2. The number of hydrogen-bond acceptors (Lipinski definition) is 4. The Morgan fingerprint density at radius 3 is 2.69 bits per heavy atom. The molecule has 26 heavy (non-hydrogen) atoms. The van der Waals surface area contributed by atoms with Gasteiger partial charge in [0, 0.05) is 24.0 Å². The first-order chi connectivity index (χ1) is 12.3. The molecule has 5 nitrogen and oxygen atoms in total. The topological polar surface area (TPSA) is 62.5 Å². The molecule has 0 saturated carbocycles. The number of hydrogen-bond donors (Lipinski definition) is 2. The van der Waals surface area contributed by atoms with Crippen molar-refractivity contribution in [3.8, 4) is 0 Å². The first-order valence-electron chi connectivity index (χ1n) is 8.29. The molecular formula is C19H23IN4OS. The Balaban J connectivity index is 0.00000243. The second-order valence-electron chi connectivity index (χ2n) is 5.62. The van der Waals surface area contributed by atoms with Crippen molar-refractivity contribution in [2.75, 3.05) is 6.54 Å². The van der Waals surface area contributed by atoms with Crippen LogP contribution >= 0.6 is 35.3 Å². The molecule has 0 aliphatic heterocycles. The van der Waals surface area contributed by atoms with Crippen LogP contribution in [0.25, 0.3) is 0 Å². The van der Waals surface area contributed by atoms with Crippen LogP contribution in [0.1, 0.15) is 21.2 Å². The van der Waals surface area contributed by atoms with Crippen LogP contribution in [-0.2, 0) is 19.5 Å². The van der Waals surface area contributed by atoms with E-state index in [4.69, 9.17) is 4.42 Å². The van der Waals surface area contributed by atoms with Gasteiger partial charge in [0.2, 0.25) is 0 Å². The van der Waals surface area contributed by atoms with Crippen molar-refractivity contribution in [2.45, 2.75) is 26.4 Å². The molecule has 0 fully saturated rings. The number of benzene rings is 1. The van der Waals surface area contributed by atoms with Crippen LogP contribution in [0.5, 0.6) is 0 Å². The Morgan fingerprint density at radius 2 is 2.00 bits per heavy atom. The molecule has 2 heterocycles. The maximum atomic E-state index is 5.37. The summed E-state index contributed by atoms with van der Waals surface area (Å²) in [5.74, 6) is 1.74. The molecule has 3 rings (SSSR count). The van der Waals surface area contributed by atoms with Crippen LogP contribution in [0.2, 0.25) is 0 Å². The normalized spacial score (nSPS) is 11.0. The minimum absolute atomic E-state index is 0. The van der Waals surface area contributed by atoms with E-state index in [1.807, 2.05) is 36.5 Å². The van der Waals surface area contributed by atoms with Gasteiger partial charge in [0.15, 0.2) is 5.96 Å². The van der Waals surface area contributed by atoms with Crippen molar-refractivity contribution in [3.05, 3.63) is 76.1 Å². The highest BCUT2D eigenvalue weighted by molar-refractivity contribution is 14.0. The zero-order chi connectivity index (χ0) is 17.3. The third kappa shape index (κ3) is 6.80. The molecule has 2 N–H and O–H groups in total. The molecule has 0 bridgehead atoms. The lowest BCUT2D eigenvalue weighted by molar-refractivity contribution is 0.506. The van der Waals surface area contributed by atoms with Gasteiger partial charge in [-0.3, -0.25) is 0 Å². The highest BCUT2D eigenvalue weighted by Gasteiger charge is 2.03. The molecule has 0 aliphatic rings. The monoisotopic (exact) mass is 482 g/mol. The number of aryl methyl sites for hydroxylation is 1. The molecule has 0 atom stereocenters. The highest BCUT2D eigenvalue weighted by atomic mass is 127. The van der Waals surface area contributed by atoms with Gasteiger partial charge in [0.1, 0.15) is 10.8 Å². The van der Waals surface area contributed by atoms with E-state index in [-0.39, 0.29) is 24.0 Å². The Morgan fingerprint density at radius 1 is 1.15 bits per heavy atom. The summed E-state index contributed by atoms with van der Waals surface area (Å²) in [6.45, 7) is 4.12. The van der Waals surface area contributed by atoms with Gasteiger partial charge < -0.3 is 15.1 Å². The van der Waals surface area contributed by atoms with E-state index in [1.165, 1.54) is 10.4 Å². The zero-order valence-corrected chi connectivity index (χ0v) is 17.8. The number of thiazole rings is 1. The SMILES string of the molecule is Cc1cnc(CNC(=NCc2ccccc2)NCCc2ccco2)s1.I. The summed E-state index contributed by atoms with van der Waals surface area (Å²) < 4.78 is 5.37. The number of aromatic nitrogens is 1. The predicted octanol–water partition coefficient (Wildman–Crippen LogP) is 4.14. The van der Waals surface area contributed by atoms with E-state index in [2.05, 4.69) is 39.7 Å². The Hall–Kier alpha value is -1.87. The van der Waals surface area contributed by atoms with Crippen molar-refractivity contribution in [1.29, 1.82) is 0 Å². The standard InChI is InChI=1S/C19H22N4OS.HI/c1-15-12-21-18(25-15)14-23-19(20-10-9-17-8-5-11-24-17)22-13-16-6-3-2-4-7-16;/h2-8,11-12H,9-10,13-14H2,1H3,(H2,20,22,23);1H. The molecule has 7 heteroatoms. The van der Waals surface area contributed by atoms with Gasteiger partial charge in [-0.15, -0.1) is 35.3 Å². The highest BCUT2D eigenvalue weighted by Crippen LogP contribution is 2.10. The first-order valence-corrected chi connectivity index (χ1v) is 9.11. The summed E-state index contributed by atoms with van der Waals surface area (Å²) in [6.07, 6.45) is 4.41. The lowest BCUT2D eigenvalue weighted by Crippen LogP contribution is -2.38. The summed E-state index contributed by atoms with van der Waals surface area (Å²) in [6, 6.07) is 14.1. The molecule has 138 valence electrons. The molecule has 0 saturated heterocycles. The smallest absolute Gasteiger partial charge is 0.191 e. The van der Waals surface area contributed by atoms with Gasteiger partial charge in [0.05, 0.1) is 19.4 Å². The number of guanidine groups is 1. The van der Waals surface area contributed by atoms with Gasteiger partial charge >= 0.3 is 0 Å². The maximum absolute atomic E-state index is 5.37. The van der Waals surface area contributed by atoms with E-state index in [0.717, 1.165) is 29.7 Å². The van der Waals surface area contributed by atoms with Crippen molar-refractivity contribution >= 4 is 41.3 Å². The maximum Gasteiger partial charge on any atom is 0.191 e. The van der Waals surface area contributed by atoms with Crippen LogP contribution in [0.3, 0.4) is 0 Å². The molecule has 0 spiro atoms. The molecule has 3 aromatic rings. The number of aliphatic imine (C=N–C) groups is 1. The lowest BCUT2D eigenvalue weighted by atomic mass is 10.2. The van der Waals surface area contributed by atoms with Crippen molar-refractivity contribution in [2.24, 2.45) is 4.99 Å². The van der Waals surface area contributed by atoms with E-state index in [9.17, 15) is 0 Å². The van der Waals surface area contributed by atoms with Crippen LogP contribution < -0.4 is 10.6 Å². The molecule has 0 amide bonds. The number of halogens is 1. The van der Waals surface area contributed by atoms with Crippen molar-refractivity contribution in [3.63, 3.8) is 0 Å². The van der Waals surface area contributed by atoms with Gasteiger partial charge in [-0.1, -0.05) is 30.3 Å². The molecule has 2 aromatic heterocycles. The second-order valence-corrected chi connectivity index (χ2v) is 6.94. The van der Waals surface area contributed by atoms with Crippen LogP contribution in [0, 0.1) is 6.92 Å². The van der Waals surface area contributed by atoms with E-state index < -0.39 is 0 Å². The fourth-order valence-electron chi connectivity index (χ4n) is 2.33. The largest absolute Gasteiger partial charge is 0.469 e. The average Bonchev–Trinajstić information content (AvgIpc) is 3.29. The third-order valence-corrected chi connectivity index (χ3v) is 4.50. The van der Waals surface area contributed by atoms with E-state index in [1.54, 1.807) is 17.6 Å². The van der Waals surface area contributed by atoms with Crippen LogP contribution in [0.4, 0.5) is 0 Å². The van der Waals surface area contributed by atoms with E-state index >= 15 is 0 Å². The van der Waals surface area contributed by atoms with Gasteiger partial charge in [0.25, 0.3) is 0 Å². The van der Waals surface area contributed by atoms with Gasteiger partial charge in [-0.2, -0.15) is 0 Å². The summed E-state index contributed by atoms with van der Waals surface area (Å²) in [7, 11) is 0. The van der Waals surface area contributed by atoms with Crippen LogP contribution in [-0.4, -0.2) is 17.5 Å². The molecule has 0 radical (unpaired) electrons. The minimum Gasteiger partial charge on any atom is -0.469 e. The summed E-state index contributed by atoms with van der Waals surface area (Å²) in [5, 5.41) is 7.77. The summed E-state index contributed by atoms with van der Waals surface area (Å²) in [4.78, 5) is 10.3. The van der Waals surface area contributed by atoms with Gasteiger partial charge in [-0.05, 0) is 24.6 Å². The Labute approximate surface area is 175 Å². The Kier molecular flexibility index (Phi) is 8.63. The lowest BCUT2D eigenvalue weighted by Gasteiger charge is -2.11. The molecular weight excluding hydrogens is 459 g/mol. The van der Waals surface area contributed by atoms with Crippen molar-refractivity contribution in [1.82, 2.24) is 15.6 Å². The third-order valence-electron chi connectivity index (χ3n) is 3.58. The molecule has 0 aliphatic carbocycles. The molecule has 1 aromatic carbocycles.